The molecule has 0 spiro atoms. The topological polar surface area (TPSA) is 48.1 Å². The quantitative estimate of drug-likeness (QED) is 0.206. The summed E-state index contributed by atoms with van der Waals surface area (Å²) in [5, 5.41) is 14.6. The van der Waals surface area contributed by atoms with Gasteiger partial charge in [-0.05, 0) is 58.5 Å². The first-order valence-electron chi connectivity index (χ1n) is 11.1. The van der Waals surface area contributed by atoms with Crippen LogP contribution in [-0.2, 0) is 0 Å². The second-order valence-corrected chi connectivity index (χ2v) is 8.31. The predicted octanol–water partition coefficient (Wildman–Crippen LogP) is 8.03. The second kappa shape index (κ2) is 8.01. The highest BCUT2D eigenvalue weighted by molar-refractivity contribution is 5.98. The molecular formula is C30H20N2O2. The van der Waals surface area contributed by atoms with Crippen LogP contribution in [0.4, 0.5) is 5.69 Å². The first kappa shape index (κ1) is 19.9. The molecule has 6 rings (SSSR count). The lowest BCUT2D eigenvalue weighted by atomic mass is 9.99. The number of aromatic nitrogens is 1. The minimum Gasteiger partial charge on any atom is -0.309 e. The minimum absolute atomic E-state index is 0.0861. The van der Waals surface area contributed by atoms with Gasteiger partial charge >= 0.3 is 0 Å². The van der Waals surface area contributed by atoms with Crippen LogP contribution in [0.2, 0.25) is 0 Å². The molecule has 6 aromatic rings. The van der Waals surface area contributed by atoms with E-state index in [2.05, 4.69) is 83.4 Å². The van der Waals surface area contributed by atoms with E-state index in [-0.39, 0.29) is 10.6 Å². The lowest BCUT2D eigenvalue weighted by Crippen LogP contribution is -1.99. The molecule has 4 heteroatoms. The smallest absolute Gasteiger partial charge is 0.269 e. The molecule has 5 aromatic carbocycles. The van der Waals surface area contributed by atoms with Gasteiger partial charge in [0.2, 0.25) is 0 Å². The number of benzene rings is 5. The van der Waals surface area contributed by atoms with Crippen LogP contribution in [0.25, 0.3) is 49.7 Å². The van der Waals surface area contributed by atoms with Crippen molar-refractivity contribution in [2.24, 2.45) is 0 Å². The largest absolute Gasteiger partial charge is 0.309 e. The number of non-ortho nitro benzene ring substituents is 1. The summed E-state index contributed by atoms with van der Waals surface area (Å²) in [5.74, 6) is 0. The van der Waals surface area contributed by atoms with Gasteiger partial charge in [0.15, 0.2) is 0 Å². The van der Waals surface area contributed by atoms with Crippen LogP contribution < -0.4 is 0 Å². The van der Waals surface area contributed by atoms with E-state index in [0.29, 0.717) is 0 Å². The number of hydrogen-bond acceptors (Lipinski definition) is 2. The maximum atomic E-state index is 11.2. The van der Waals surface area contributed by atoms with Crippen molar-refractivity contribution in [1.82, 2.24) is 4.57 Å². The molecule has 0 unspecified atom stereocenters. The van der Waals surface area contributed by atoms with Gasteiger partial charge in [0.05, 0.1) is 21.8 Å². The zero-order valence-electron chi connectivity index (χ0n) is 18.3. The van der Waals surface area contributed by atoms with Crippen molar-refractivity contribution in [3.05, 3.63) is 131 Å². The number of nitro groups is 1. The Morgan fingerprint density at radius 2 is 1.26 bits per heavy atom. The van der Waals surface area contributed by atoms with Gasteiger partial charge in [-0.3, -0.25) is 10.1 Å². The Morgan fingerprint density at radius 3 is 2.03 bits per heavy atom. The Balaban J connectivity index is 1.68. The van der Waals surface area contributed by atoms with Gasteiger partial charge in [-0.25, -0.2) is 0 Å². The van der Waals surface area contributed by atoms with Crippen LogP contribution in [-0.4, -0.2) is 9.49 Å². The number of hydrogen-bond donors (Lipinski definition) is 0. The van der Waals surface area contributed by atoms with E-state index in [9.17, 15) is 10.1 Å². The molecule has 1 heterocycles. The highest BCUT2D eigenvalue weighted by atomic mass is 16.6. The van der Waals surface area contributed by atoms with E-state index in [1.165, 1.54) is 0 Å². The third-order valence-corrected chi connectivity index (χ3v) is 6.27. The second-order valence-electron chi connectivity index (χ2n) is 8.31. The minimum atomic E-state index is -0.365. The molecule has 0 aliphatic heterocycles. The van der Waals surface area contributed by atoms with Crippen molar-refractivity contribution >= 4 is 27.4 Å². The summed E-state index contributed by atoms with van der Waals surface area (Å²) >= 11 is 0. The average Bonchev–Trinajstić information content (AvgIpc) is 3.28. The normalized spacial score (nSPS) is 11.2. The zero-order valence-corrected chi connectivity index (χ0v) is 18.3. The molecule has 0 aliphatic carbocycles. The maximum Gasteiger partial charge on any atom is 0.269 e. The SMILES string of the molecule is O=[N+]([O-])c1ccc(-c2cc3ccccc3n2-c2cc(-c3ccccc3)cc3ccccc23)cc1. The molecule has 0 saturated carbocycles. The van der Waals surface area contributed by atoms with Crippen molar-refractivity contribution in [2.75, 3.05) is 0 Å². The van der Waals surface area contributed by atoms with Crippen molar-refractivity contribution < 1.29 is 4.92 Å². The molecule has 1 aromatic heterocycles. The van der Waals surface area contributed by atoms with Crippen molar-refractivity contribution in [3.63, 3.8) is 0 Å². The molecule has 0 radical (unpaired) electrons. The van der Waals surface area contributed by atoms with E-state index < -0.39 is 0 Å². The fourth-order valence-corrected chi connectivity index (χ4v) is 4.65. The Bertz CT molecular complexity index is 1670. The number of nitro benzene ring substituents is 1. The predicted molar refractivity (Wildman–Crippen MR) is 138 cm³/mol. The highest BCUT2D eigenvalue weighted by Crippen LogP contribution is 2.37. The van der Waals surface area contributed by atoms with Crippen LogP contribution >= 0.6 is 0 Å². The van der Waals surface area contributed by atoms with Gasteiger partial charge in [0.1, 0.15) is 0 Å². The molecule has 0 amide bonds. The molecule has 4 nitrogen and oxygen atoms in total. The molecule has 34 heavy (non-hydrogen) atoms. The molecule has 162 valence electrons. The lowest BCUT2D eigenvalue weighted by Gasteiger charge is -2.16. The molecule has 0 bridgehead atoms. The number of para-hydroxylation sites is 1. The molecule has 0 aliphatic rings. The van der Waals surface area contributed by atoms with Crippen molar-refractivity contribution in [2.45, 2.75) is 0 Å². The Kier molecular flexibility index (Phi) is 4.70. The summed E-state index contributed by atoms with van der Waals surface area (Å²) in [5.41, 5.74) is 6.47. The molecular weight excluding hydrogens is 420 g/mol. The van der Waals surface area contributed by atoms with Crippen molar-refractivity contribution in [3.8, 4) is 28.1 Å². The fraction of sp³-hybridized carbons (Fsp3) is 0. The summed E-state index contributed by atoms with van der Waals surface area (Å²) in [6.45, 7) is 0. The average molecular weight is 441 g/mol. The van der Waals surface area contributed by atoms with E-state index in [0.717, 1.165) is 49.7 Å². The monoisotopic (exact) mass is 440 g/mol. The van der Waals surface area contributed by atoms with Crippen LogP contribution in [0.1, 0.15) is 0 Å². The first-order chi connectivity index (χ1) is 16.7. The summed E-state index contributed by atoms with van der Waals surface area (Å²) in [6.07, 6.45) is 0. The summed E-state index contributed by atoms with van der Waals surface area (Å²) in [7, 11) is 0. The molecule has 0 fully saturated rings. The van der Waals surface area contributed by atoms with Gasteiger partial charge < -0.3 is 4.57 Å². The summed E-state index contributed by atoms with van der Waals surface area (Å²) in [4.78, 5) is 10.8. The summed E-state index contributed by atoms with van der Waals surface area (Å²) < 4.78 is 2.27. The maximum absolute atomic E-state index is 11.2. The van der Waals surface area contributed by atoms with Gasteiger partial charge in [-0.1, -0.05) is 72.8 Å². The third-order valence-electron chi connectivity index (χ3n) is 6.27. The van der Waals surface area contributed by atoms with Gasteiger partial charge in [0.25, 0.3) is 5.69 Å². The van der Waals surface area contributed by atoms with E-state index in [1.54, 1.807) is 12.1 Å². The van der Waals surface area contributed by atoms with Crippen LogP contribution in [0.15, 0.2) is 121 Å². The Labute approximate surface area is 196 Å². The summed E-state index contributed by atoms with van der Waals surface area (Å²) in [6, 6.07) is 40.5. The van der Waals surface area contributed by atoms with Crippen molar-refractivity contribution in [1.29, 1.82) is 0 Å². The van der Waals surface area contributed by atoms with Crippen LogP contribution in [0.5, 0.6) is 0 Å². The molecule has 0 atom stereocenters. The standard InChI is InChI=1S/C30H20N2O2/c33-32(34)26-16-14-22(15-17-26)29-19-24-11-5-7-13-28(24)31(29)30-20-25(21-8-2-1-3-9-21)18-23-10-4-6-12-27(23)30/h1-20H. The fourth-order valence-electron chi connectivity index (χ4n) is 4.65. The van der Waals surface area contributed by atoms with Crippen LogP contribution in [0, 0.1) is 10.1 Å². The van der Waals surface area contributed by atoms with E-state index >= 15 is 0 Å². The number of nitrogens with zero attached hydrogens (tertiary/aromatic N) is 2. The number of fused-ring (bicyclic) bond motifs is 2. The van der Waals surface area contributed by atoms with E-state index in [1.807, 2.05) is 30.3 Å². The number of rotatable bonds is 4. The lowest BCUT2D eigenvalue weighted by molar-refractivity contribution is -0.384. The van der Waals surface area contributed by atoms with Gasteiger partial charge in [-0.2, -0.15) is 0 Å². The van der Waals surface area contributed by atoms with Crippen LogP contribution in [0.3, 0.4) is 0 Å². The van der Waals surface area contributed by atoms with Gasteiger partial charge in [-0.15, -0.1) is 0 Å². The first-order valence-corrected chi connectivity index (χ1v) is 11.1. The zero-order chi connectivity index (χ0) is 23.1. The van der Waals surface area contributed by atoms with E-state index in [4.69, 9.17) is 0 Å². The van der Waals surface area contributed by atoms with Gasteiger partial charge in [0, 0.05) is 22.9 Å². The molecule has 0 saturated heterocycles. The Morgan fingerprint density at radius 1 is 0.588 bits per heavy atom. The highest BCUT2D eigenvalue weighted by Gasteiger charge is 2.16. The third kappa shape index (κ3) is 3.33. The molecule has 0 N–H and O–H groups in total. The Hall–Kier alpha value is -4.70.